The molecule has 0 spiro atoms. The molecule has 0 bridgehead atoms. The van der Waals surface area contributed by atoms with Gasteiger partial charge in [0.15, 0.2) is 0 Å². The van der Waals surface area contributed by atoms with E-state index in [1.807, 2.05) is 24.5 Å². The number of hydrogen-bond acceptors (Lipinski definition) is 5. The lowest BCUT2D eigenvalue weighted by Crippen LogP contribution is -2.28. The molecule has 8 heteroatoms. The van der Waals surface area contributed by atoms with E-state index >= 15 is 0 Å². The third-order valence-electron chi connectivity index (χ3n) is 3.52. The normalized spacial score (nSPS) is 10.4. The third-order valence-corrected chi connectivity index (χ3v) is 3.52. The standard InChI is InChI=1S/C17H17N5O3/c1-21-16(22-8-2-3-9-22)14(12-20-21)17(24)25-10-7-19-15(23)13-5-4-6-18-11-13/h2-6,8-9,11-12H,7,10H2,1H3,(H,19,23). The van der Waals surface area contributed by atoms with E-state index in [2.05, 4.69) is 15.4 Å². The number of esters is 1. The summed E-state index contributed by atoms with van der Waals surface area (Å²) in [5.41, 5.74) is 0.813. The highest BCUT2D eigenvalue weighted by atomic mass is 16.5. The summed E-state index contributed by atoms with van der Waals surface area (Å²) in [6.07, 6.45) is 8.17. The van der Waals surface area contributed by atoms with Gasteiger partial charge in [-0.05, 0) is 24.3 Å². The van der Waals surface area contributed by atoms with Gasteiger partial charge in [0.1, 0.15) is 18.0 Å². The molecular weight excluding hydrogens is 322 g/mol. The van der Waals surface area contributed by atoms with Crippen LogP contribution in [0, 0.1) is 0 Å². The van der Waals surface area contributed by atoms with Crippen molar-refractivity contribution in [3.05, 3.63) is 66.4 Å². The van der Waals surface area contributed by atoms with Crippen LogP contribution in [0.25, 0.3) is 5.82 Å². The molecule has 0 saturated carbocycles. The van der Waals surface area contributed by atoms with Crippen LogP contribution in [-0.2, 0) is 11.8 Å². The van der Waals surface area contributed by atoms with E-state index in [1.54, 1.807) is 34.6 Å². The van der Waals surface area contributed by atoms with Crippen molar-refractivity contribution in [2.45, 2.75) is 0 Å². The molecule has 25 heavy (non-hydrogen) atoms. The zero-order valence-corrected chi connectivity index (χ0v) is 13.6. The predicted molar refractivity (Wildman–Crippen MR) is 89.4 cm³/mol. The maximum Gasteiger partial charge on any atom is 0.343 e. The minimum atomic E-state index is -0.493. The number of carbonyl (C=O) groups is 2. The average molecular weight is 339 g/mol. The van der Waals surface area contributed by atoms with Crippen LogP contribution in [0.3, 0.4) is 0 Å². The quantitative estimate of drug-likeness (QED) is 0.538. The number of rotatable bonds is 6. The van der Waals surface area contributed by atoms with Crippen molar-refractivity contribution in [3.63, 3.8) is 0 Å². The number of carbonyl (C=O) groups excluding carboxylic acids is 2. The van der Waals surface area contributed by atoms with Crippen LogP contribution < -0.4 is 5.32 Å². The van der Waals surface area contributed by atoms with Gasteiger partial charge in [0, 0.05) is 31.8 Å². The summed E-state index contributed by atoms with van der Waals surface area (Å²) in [5.74, 6) is -0.139. The lowest BCUT2D eigenvalue weighted by Gasteiger charge is -2.08. The number of aryl methyl sites for hydroxylation is 1. The fourth-order valence-electron chi connectivity index (χ4n) is 2.34. The smallest absolute Gasteiger partial charge is 0.343 e. The fraction of sp³-hybridized carbons (Fsp3) is 0.176. The van der Waals surface area contributed by atoms with E-state index in [0.717, 1.165) is 0 Å². The number of aromatic nitrogens is 4. The second-order valence-corrected chi connectivity index (χ2v) is 5.23. The van der Waals surface area contributed by atoms with Crippen molar-refractivity contribution in [2.24, 2.45) is 7.05 Å². The Balaban J connectivity index is 1.55. The van der Waals surface area contributed by atoms with Gasteiger partial charge in [0.05, 0.1) is 18.3 Å². The van der Waals surface area contributed by atoms with Crippen LogP contribution >= 0.6 is 0 Å². The van der Waals surface area contributed by atoms with Gasteiger partial charge < -0.3 is 14.6 Å². The maximum absolute atomic E-state index is 12.3. The first kappa shape index (κ1) is 16.4. The van der Waals surface area contributed by atoms with Crippen LogP contribution in [0.4, 0.5) is 0 Å². The Kier molecular flexibility index (Phi) is 4.89. The second kappa shape index (κ2) is 7.43. The van der Waals surface area contributed by atoms with Gasteiger partial charge in [-0.1, -0.05) is 0 Å². The second-order valence-electron chi connectivity index (χ2n) is 5.23. The summed E-state index contributed by atoms with van der Waals surface area (Å²) >= 11 is 0. The van der Waals surface area contributed by atoms with Gasteiger partial charge >= 0.3 is 5.97 Å². The Morgan fingerprint density at radius 2 is 2.00 bits per heavy atom. The number of amides is 1. The lowest BCUT2D eigenvalue weighted by atomic mass is 10.3. The first-order chi connectivity index (χ1) is 12.2. The molecular formula is C17H17N5O3. The zero-order valence-electron chi connectivity index (χ0n) is 13.6. The van der Waals surface area contributed by atoms with Crippen molar-refractivity contribution >= 4 is 11.9 Å². The first-order valence-electron chi connectivity index (χ1n) is 7.67. The third kappa shape index (κ3) is 3.74. The number of nitrogens with one attached hydrogen (secondary N) is 1. The number of pyridine rings is 1. The molecule has 8 nitrogen and oxygen atoms in total. The Labute approximate surface area is 144 Å². The molecule has 3 aromatic rings. The van der Waals surface area contributed by atoms with E-state index in [1.165, 1.54) is 12.4 Å². The summed E-state index contributed by atoms with van der Waals surface area (Å²) in [4.78, 5) is 28.0. The van der Waals surface area contributed by atoms with Gasteiger partial charge in [0.25, 0.3) is 5.91 Å². The summed E-state index contributed by atoms with van der Waals surface area (Å²) in [6, 6.07) is 7.06. The number of hydrogen-bond donors (Lipinski definition) is 1. The van der Waals surface area contributed by atoms with Crippen LogP contribution in [-0.4, -0.2) is 44.4 Å². The lowest BCUT2D eigenvalue weighted by molar-refractivity contribution is 0.0503. The minimum absolute atomic E-state index is 0.0604. The van der Waals surface area contributed by atoms with Crippen molar-refractivity contribution in [1.29, 1.82) is 0 Å². The van der Waals surface area contributed by atoms with Crippen molar-refractivity contribution in [3.8, 4) is 5.82 Å². The van der Waals surface area contributed by atoms with Gasteiger partial charge in [-0.3, -0.25) is 14.5 Å². The molecule has 0 radical (unpaired) electrons. The molecule has 0 aliphatic rings. The predicted octanol–water partition coefficient (Wildman–Crippen LogP) is 1.19. The summed E-state index contributed by atoms with van der Waals surface area (Å²) in [7, 11) is 1.75. The minimum Gasteiger partial charge on any atom is -0.460 e. The molecule has 0 aliphatic heterocycles. The Morgan fingerprint density at radius 1 is 1.20 bits per heavy atom. The Morgan fingerprint density at radius 3 is 2.72 bits per heavy atom. The molecule has 1 N–H and O–H groups in total. The monoisotopic (exact) mass is 339 g/mol. The Bertz CT molecular complexity index is 856. The molecule has 3 aromatic heterocycles. The maximum atomic E-state index is 12.3. The molecule has 0 aliphatic carbocycles. The largest absolute Gasteiger partial charge is 0.460 e. The average Bonchev–Trinajstić information content (AvgIpc) is 3.28. The van der Waals surface area contributed by atoms with Gasteiger partial charge in [-0.15, -0.1) is 0 Å². The molecule has 128 valence electrons. The summed E-state index contributed by atoms with van der Waals surface area (Å²) in [6.45, 7) is 0.267. The van der Waals surface area contributed by atoms with E-state index in [0.29, 0.717) is 16.9 Å². The van der Waals surface area contributed by atoms with Crippen LogP contribution in [0.1, 0.15) is 20.7 Å². The molecule has 0 fully saturated rings. The topological polar surface area (TPSA) is 91.0 Å². The Hall–Kier alpha value is -3.42. The highest BCUT2D eigenvalue weighted by Crippen LogP contribution is 2.14. The molecule has 0 unspecified atom stereocenters. The van der Waals surface area contributed by atoms with Crippen molar-refractivity contribution < 1.29 is 14.3 Å². The fourth-order valence-corrected chi connectivity index (χ4v) is 2.34. The summed E-state index contributed by atoms with van der Waals surface area (Å²) in [5, 5.41) is 6.78. The molecule has 1 amide bonds. The van der Waals surface area contributed by atoms with Crippen LogP contribution in [0.5, 0.6) is 0 Å². The molecule has 3 rings (SSSR count). The number of nitrogens with zero attached hydrogens (tertiary/aromatic N) is 4. The molecule has 0 aromatic carbocycles. The molecule has 0 atom stereocenters. The highest BCUT2D eigenvalue weighted by molar-refractivity contribution is 5.94. The number of ether oxygens (including phenoxy) is 1. The first-order valence-corrected chi connectivity index (χ1v) is 7.67. The summed E-state index contributed by atoms with van der Waals surface area (Å²) < 4.78 is 8.61. The van der Waals surface area contributed by atoms with Crippen molar-refractivity contribution in [2.75, 3.05) is 13.2 Å². The highest BCUT2D eigenvalue weighted by Gasteiger charge is 2.18. The van der Waals surface area contributed by atoms with Gasteiger partial charge in [-0.2, -0.15) is 5.10 Å². The van der Waals surface area contributed by atoms with E-state index in [-0.39, 0.29) is 19.1 Å². The van der Waals surface area contributed by atoms with Crippen LogP contribution in [0.2, 0.25) is 0 Å². The van der Waals surface area contributed by atoms with E-state index in [4.69, 9.17) is 4.74 Å². The zero-order chi connectivity index (χ0) is 17.6. The molecule has 3 heterocycles. The van der Waals surface area contributed by atoms with Crippen LogP contribution in [0.15, 0.2) is 55.2 Å². The van der Waals surface area contributed by atoms with Gasteiger partial charge in [-0.25, -0.2) is 4.79 Å². The SMILES string of the molecule is Cn1ncc(C(=O)OCCNC(=O)c2cccnc2)c1-n1cccc1. The van der Waals surface area contributed by atoms with Gasteiger partial charge in [0.2, 0.25) is 0 Å². The van der Waals surface area contributed by atoms with Crippen molar-refractivity contribution in [1.82, 2.24) is 24.6 Å². The molecule has 0 saturated heterocycles. The van der Waals surface area contributed by atoms with E-state index < -0.39 is 5.97 Å². The van der Waals surface area contributed by atoms with E-state index in [9.17, 15) is 9.59 Å².